The fourth-order valence-electron chi connectivity index (χ4n) is 2.83. The van der Waals surface area contributed by atoms with Crippen LogP contribution in [-0.2, 0) is 10.0 Å². The van der Waals surface area contributed by atoms with E-state index in [-0.39, 0.29) is 4.90 Å². The maximum absolute atomic E-state index is 12.5. The molecule has 0 aliphatic carbocycles. The van der Waals surface area contributed by atoms with Gasteiger partial charge in [0.1, 0.15) is 0 Å². The van der Waals surface area contributed by atoms with E-state index in [0.29, 0.717) is 29.4 Å². The fraction of sp³-hybridized carbons (Fsp3) is 0.263. The smallest absolute Gasteiger partial charge is 0.267 e. The predicted octanol–water partition coefficient (Wildman–Crippen LogP) is 3.28. The van der Waals surface area contributed by atoms with Crippen molar-refractivity contribution in [3.05, 3.63) is 64.7 Å². The van der Waals surface area contributed by atoms with Crippen LogP contribution in [0.2, 0.25) is 5.02 Å². The van der Waals surface area contributed by atoms with Gasteiger partial charge in [0.2, 0.25) is 10.0 Å². The molecule has 142 valence electrons. The molecule has 27 heavy (non-hydrogen) atoms. The number of hydrogen-bond donors (Lipinski definition) is 1. The third-order valence-electron chi connectivity index (χ3n) is 4.39. The molecule has 0 spiro atoms. The highest BCUT2D eigenvalue weighted by atomic mass is 35.5. The first-order chi connectivity index (χ1) is 12.9. The van der Waals surface area contributed by atoms with Crippen molar-refractivity contribution in [2.75, 3.05) is 13.1 Å². The number of hydrogen-bond acceptors (Lipinski definition) is 4. The minimum Gasteiger partial charge on any atom is -0.267 e. The zero-order valence-corrected chi connectivity index (χ0v) is 16.4. The van der Waals surface area contributed by atoms with Crippen LogP contribution in [0.4, 0.5) is 0 Å². The van der Waals surface area contributed by atoms with Crippen LogP contribution in [0, 0.1) is 0 Å². The summed E-state index contributed by atoms with van der Waals surface area (Å²) in [6.45, 7) is 2.85. The summed E-state index contributed by atoms with van der Waals surface area (Å²) in [5.41, 5.74) is 4.22. The van der Waals surface area contributed by atoms with E-state index in [4.69, 9.17) is 11.6 Å². The van der Waals surface area contributed by atoms with E-state index in [0.717, 1.165) is 18.4 Å². The van der Waals surface area contributed by atoms with Crippen LogP contribution < -0.4 is 5.43 Å². The van der Waals surface area contributed by atoms with Gasteiger partial charge in [-0.3, -0.25) is 4.79 Å². The SMILES string of the molecule is C/C(=N/NC(=O)c1ccc(S(=O)(=O)N2CCCC2)cc1)c1cccc(Cl)c1. The maximum atomic E-state index is 12.5. The molecule has 1 heterocycles. The Morgan fingerprint density at radius 3 is 2.37 bits per heavy atom. The van der Waals surface area contributed by atoms with Crippen LogP contribution >= 0.6 is 11.6 Å². The number of hydrazone groups is 1. The number of amides is 1. The monoisotopic (exact) mass is 405 g/mol. The lowest BCUT2D eigenvalue weighted by Crippen LogP contribution is -2.28. The Morgan fingerprint density at radius 2 is 1.74 bits per heavy atom. The predicted molar refractivity (Wildman–Crippen MR) is 106 cm³/mol. The van der Waals surface area contributed by atoms with Gasteiger partial charge in [-0.1, -0.05) is 23.7 Å². The quantitative estimate of drug-likeness (QED) is 0.612. The van der Waals surface area contributed by atoms with E-state index in [2.05, 4.69) is 10.5 Å². The molecular formula is C19H20ClN3O3S. The van der Waals surface area contributed by atoms with E-state index in [1.165, 1.54) is 28.6 Å². The van der Waals surface area contributed by atoms with E-state index in [1.54, 1.807) is 25.1 Å². The van der Waals surface area contributed by atoms with E-state index < -0.39 is 15.9 Å². The zero-order valence-electron chi connectivity index (χ0n) is 14.9. The van der Waals surface area contributed by atoms with Crippen LogP contribution in [-0.4, -0.2) is 37.4 Å². The molecule has 3 rings (SSSR count). The molecule has 8 heteroatoms. The summed E-state index contributed by atoms with van der Waals surface area (Å²) in [6.07, 6.45) is 1.76. The highest BCUT2D eigenvalue weighted by Gasteiger charge is 2.27. The van der Waals surface area contributed by atoms with Gasteiger partial charge in [-0.05, 0) is 61.7 Å². The lowest BCUT2D eigenvalue weighted by atomic mass is 10.1. The molecule has 0 aromatic heterocycles. The van der Waals surface area contributed by atoms with Crippen LogP contribution in [0.5, 0.6) is 0 Å². The molecular weight excluding hydrogens is 386 g/mol. The number of benzene rings is 2. The van der Waals surface area contributed by atoms with Gasteiger partial charge < -0.3 is 0 Å². The number of halogens is 1. The summed E-state index contributed by atoms with van der Waals surface area (Å²) in [6, 6.07) is 13.0. The van der Waals surface area contributed by atoms with Crippen molar-refractivity contribution >= 4 is 33.2 Å². The number of nitrogens with one attached hydrogen (secondary N) is 1. The van der Waals surface area contributed by atoms with Gasteiger partial charge in [0.15, 0.2) is 0 Å². The molecule has 1 saturated heterocycles. The second-order valence-electron chi connectivity index (χ2n) is 6.28. The van der Waals surface area contributed by atoms with Crippen molar-refractivity contribution in [2.24, 2.45) is 5.10 Å². The maximum Gasteiger partial charge on any atom is 0.271 e. The second kappa shape index (κ2) is 8.21. The Labute approximate surface area is 163 Å². The third kappa shape index (κ3) is 4.55. The average molecular weight is 406 g/mol. The summed E-state index contributed by atoms with van der Waals surface area (Å²) in [5.74, 6) is -0.415. The minimum atomic E-state index is -3.49. The lowest BCUT2D eigenvalue weighted by molar-refractivity contribution is 0.0954. The zero-order chi connectivity index (χ0) is 19.4. The third-order valence-corrected chi connectivity index (χ3v) is 6.53. The van der Waals surface area contributed by atoms with Crippen LogP contribution in [0.3, 0.4) is 0 Å². The number of rotatable bonds is 5. The molecule has 1 aliphatic heterocycles. The standard InChI is InChI=1S/C19H20ClN3O3S/c1-14(16-5-4-6-17(20)13-16)21-22-19(24)15-7-9-18(10-8-15)27(25,26)23-11-2-3-12-23/h4-10,13H,2-3,11-12H2,1H3,(H,22,24)/b21-14-. The average Bonchev–Trinajstić information content (AvgIpc) is 3.21. The first-order valence-electron chi connectivity index (χ1n) is 8.59. The van der Waals surface area contributed by atoms with Gasteiger partial charge >= 0.3 is 0 Å². The Balaban J connectivity index is 1.70. The Morgan fingerprint density at radius 1 is 1.07 bits per heavy atom. The molecule has 1 aliphatic rings. The van der Waals surface area contributed by atoms with Gasteiger partial charge in [-0.25, -0.2) is 13.8 Å². The Kier molecular flexibility index (Phi) is 5.94. The summed E-state index contributed by atoms with van der Waals surface area (Å²) in [7, 11) is -3.49. The van der Waals surface area contributed by atoms with Crippen molar-refractivity contribution in [2.45, 2.75) is 24.7 Å². The van der Waals surface area contributed by atoms with Gasteiger partial charge in [0.05, 0.1) is 10.6 Å². The largest absolute Gasteiger partial charge is 0.271 e. The van der Waals surface area contributed by atoms with Gasteiger partial charge in [0, 0.05) is 23.7 Å². The van der Waals surface area contributed by atoms with E-state index in [9.17, 15) is 13.2 Å². The topological polar surface area (TPSA) is 78.8 Å². The molecule has 2 aromatic rings. The number of sulfonamides is 1. The summed E-state index contributed by atoms with van der Waals surface area (Å²) < 4.78 is 26.5. The molecule has 1 N–H and O–H groups in total. The van der Waals surface area contributed by atoms with E-state index in [1.807, 2.05) is 6.07 Å². The Bertz CT molecular complexity index is 966. The number of carbonyl (C=O) groups excluding carboxylic acids is 1. The first kappa shape index (κ1) is 19.5. The normalized spacial score (nSPS) is 15.7. The van der Waals surface area contributed by atoms with Gasteiger partial charge in [-0.2, -0.15) is 9.41 Å². The van der Waals surface area contributed by atoms with Crippen molar-refractivity contribution in [1.29, 1.82) is 0 Å². The highest BCUT2D eigenvalue weighted by Crippen LogP contribution is 2.21. The summed E-state index contributed by atoms with van der Waals surface area (Å²) in [5, 5.41) is 4.66. The molecule has 0 saturated carbocycles. The summed E-state index contributed by atoms with van der Waals surface area (Å²) >= 11 is 5.95. The first-order valence-corrected chi connectivity index (χ1v) is 10.4. The van der Waals surface area contributed by atoms with Crippen molar-refractivity contribution < 1.29 is 13.2 Å². The van der Waals surface area contributed by atoms with E-state index >= 15 is 0 Å². The molecule has 0 radical (unpaired) electrons. The molecule has 6 nitrogen and oxygen atoms in total. The van der Waals surface area contributed by atoms with Crippen molar-refractivity contribution in [1.82, 2.24) is 9.73 Å². The summed E-state index contributed by atoms with van der Waals surface area (Å²) in [4.78, 5) is 12.5. The molecule has 1 fully saturated rings. The molecule has 2 aromatic carbocycles. The molecule has 0 unspecified atom stereocenters. The second-order valence-corrected chi connectivity index (χ2v) is 8.66. The van der Waals surface area contributed by atoms with Crippen LogP contribution in [0.1, 0.15) is 35.7 Å². The van der Waals surface area contributed by atoms with Gasteiger partial charge in [0.25, 0.3) is 5.91 Å². The number of carbonyl (C=O) groups is 1. The highest BCUT2D eigenvalue weighted by molar-refractivity contribution is 7.89. The van der Waals surface area contributed by atoms with Crippen molar-refractivity contribution in [3.8, 4) is 0 Å². The molecule has 1 amide bonds. The van der Waals surface area contributed by atoms with Crippen LogP contribution in [0.15, 0.2) is 58.5 Å². The molecule has 0 bridgehead atoms. The fourth-order valence-corrected chi connectivity index (χ4v) is 4.54. The minimum absolute atomic E-state index is 0.194. The number of nitrogens with zero attached hydrogens (tertiary/aromatic N) is 2. The lowest BCUT2D eigenvalue weighted by Gasteiger charge is -2.15. The van der Waals surface area contributed by atoms with Crippen molar-refractivity contribution in [3.63, 3.8) is 0 Å². The molecule has 0 atom stereocenters. The van der Waals surface area contributed by atoms with Crippen LogP contribution in [0.25, 0.3) is 0 Å². The van der Waals surface area contributed by atoms with Gasteiger partial charge in [-0.15, -0.1) is 0 Å². The Hall–Kier alpha value is -2.22.